The van der Waals surface area contributed by atoms with Crippen LogP contribution in [0.3, 0.4) is 0 Å². The van der Waals surface area contributed by atoms with Gasteiger partial charge in [-0.25, -0.2) is 0 Å². The monoisotopic (exact) mass is 1800 g/mol. The quantitative estimate of drug-likeness (QED) is 0.142. The van der Waals surface area contributed by atoms with Crippen molar-refractivity contribution < 1.29 is 0 Å². The van der Waals surface area contributed by atoms with Crippen molar-refractivity contribution in [3.8, 4) is 134 Å². The van der Waals surface area contributed by atoms with Crippen molar-refractivity contribution in [2.24, 2.45) is 0 Å². The second-order valence-electron chi connectivity index (χ2n) is 40.7. The highest BCUT2D eigenvalue weighted by molar-refractivity contribution is 6.11. The first kappa shape index (κ1) is 82.2. The van der Waals surface area contributed by atoms with E-state index in [-0.39, 0.29) is 0 Å². The summed E-state index contributed by atoms with van der Waals surface area (Å²) in [5.41, 5.74) is 70.4. The van der Waals surface area contributed by atoms with Gasteiger partial charge in [-0.15, -0.1) is 0 Å². The molecule has 0 radical (unpaired) electrons. The summed E-state index contributed by atoms with van der Waals surface area (Å²) in [6, 6.07) is 165. The fraction of sp³-hybridized carbons (Fsp3) is 0.0845. The Kier molecular flexibility index (Phi) is 19.4. The van der Waals surface area contributed by atoms with E-state index in [1.165, 1.54) is 299 Å². The molecule has 666 valence electrons. The molecule has 0 bridgehead atoms. The van der Waals surface area contributed by atoms with Crippen molar-refractivity contribution in [1.29, 1.82) is 0 Å². The van der Waals surface area contributed by atoms with Gasteiger partial charge in [-0.1, -0.05) is 425 Å². The Morgan fingerprint density at radius 3 is 0.683 bits per heavy atom. The number of hydrogen-bond donors (Lipinski definition) is 0. The molecule has 142 heavy (non-hydrogen) atoms. The predicted molar refractivity (Wildman–Crippen MR) is 594 cm³/mol. The van der Waals surface area contributed by atoms with Gasteiger partial charge in [0.1, 0.15) is 0 Å². The summed E-state index contributed by atoms with van der Waals surface area (Å²) in [5.74, 6) is 0. The molecule has 0 fully saturated rings. The molecule has 0 amide bonds. The Hall–Kier alpha value is -16.9. The van der Waals surface area contributed by atoms with Gasteiger partial charge in [0.05, 0.1) is 0 Å². The smallest absolute Gasteiger partial charge is 0.000718 e. The Morgan fingerprint density at radius 2 is 0.310 bits per heavy atom. The molecule has 0 aliphatic heterocycles. The fourth-order valence-electron chi connectivity index (χ4n) is 26.5. The molecule has 0 atom stereocenters. The van der Waals surface area contributed by atoms with Crippen LogP contribution in [0, 0.1) is 0 Å². The van der Waals surface area contributed by atoms with Crippen LogP contribution in [0.5, 0.6) is 0 Å². The molecular formula is C142H98. The van der Waals surface area contributed by atoms with Crippen LogP contribution in [0.1, 0.15) is 134 Å². The fourth-order valence-corrected chi connectivity index (χ4v) is 26.5. The summed E-state index contributed by atoms with van der Waals surface area (Å²) < 4.78 is 0. The van der Waals surface area contributed by atoms with Crippen molar-refractivity contribution in [2.45, 2.75) is 77.0 Å². The van der Waals surface area contributed by atoms with Crippen LogP contribution in [-0.2, 0) is 77.0 Å². The number of fused-ring (bicyclic) bond motifs is 46. The van der Waals surface area contributed by atoms with E-state index in [1.807, 2.05) is 0 Å². The SMILES string of the molecule is c1ccc2c(c1)Cc1c-2ccc2c1-c1ccccc1C2.c1ccc2c(c1)Cc1c-2ccc2c1-c1ccccc1C2.c1ccc2c(c1)Cc1c-2ccc2c1Cc1ccccc1-2.c1ccc2c(c1)Cc1cc3c(cc1-2)-c1ccccc1C3.c1ccc2c(c1)Cc1cc3c(cc1-2)Cc1ccccc1-3.c1ccc2c3c(ccc2c1)Cc1ccc2ccccc2c1-3.c1ccc2cc3c(cc2c1)Cc1ccc2ccccc2c1-3. The van der Waals surface area contributed by atoms with E-state index in [4.69, 9.17) is 0 Å². The molecular weight excluding hydrogens is 1710 g/mol. The van der Waals surface area contributed by atoms with Crippen molar-refractivity contribution in [1.82, 2.24) is 0 Å². The molecule has 0 aromatic heterocycles. The molecule has 0 nitrogen and oxygen atoms in total. The molecule has 0 heteroatoms. The van der Waals surface area contributed by atoms with Gasteiger partial charge in [-0.2, -0.15) is 0 Å². The third kappa shape index (κ3) is 13.6. The van der Waals surface area contributed by atoms with Crippen LogP contribution < -0.4 is 0 Å². The van der Waals surface area contributed by atoms with Gasteiger partial charge >= 0.3 is 0 Å². The summed E-state index contributed by atoms with van der Waals surface area (Å²) in [4.78, 5) is 0. The zero-order chi connectivity index (χ0) is 93.1. The first-order valence-electron chi connectivity index (χ1n) is 51.0. The van der Waals surface area contributed by atoms with E-state index in [0.29, 0.717) is 0 Å². The van der Waals surface area contributed by atoms with Crippen LogP contribution >= 0.6 is 0 Å². The average Bonchev–Trinajstić information content (AvgIpc) is 1.57. The Labute approximate surface area is 830 Å². The summed E-state index contributed by atoms with van der Waals surface area (Å²) in [6.07, 6.45) is 13.0. The third-order valence-corrected chi connectivity index (χ3v) is 33.0. The normalized spacial score (nSPS) is 13.3. The molecule has 0 spiro atoms. The van der Waals surface area contributed by atoms with Crippen molar-refractivity contribution in [2.75, 3.05) is 0 Å². The number of benzene rings is 23. The number of hydrogen-bond acceptors (Lipinski definition) is 0. The van der Waals surface area contributed by atoms with E-state index in [2.05, 4.69) is 449 Å². The predicted octanol–water partition coefficient (Wildman–Crippen LogP) is 35.3. The Balaban J connectivity index is 0.0000000792. The second kappa shape index (κ2) is 33.5. The lowest BCUT2D eigenvalue weighted by atomic mass is 9.94. The average molecular weight is 1800 g/mol. The van der Waals surface area contributed by atoms with Gasteiger partial charge in [0.25, 0.3) is 0 Å². The van der Waals surface area contributed by atoms with Gasteiger partial charge in [-0.05, 0) is 411 Å². The minimum atomic E-state index is 1.06. The van der Waals surface area contributed by atoms with Gasteiger partial charge in [0, 0.05) is 0 Å². The van der Waals surface area contributed by atoms with Crippen LogP contribution in [0.15, 0.2) is 449 Å². The molecule has 0 heterocycles. The van der Waals surface area contributed by atoms with Crippen LogP contribution in [0.4, 0.5) is 0 Å². The number of rotatable bonds is 0. The maximum absolute atomic E-state index is 2.44. The molecule has 0 unspecified atom stereocenters. The second-order valence-corrected chi connectivity index (χ2v) is 40.7. The summed E-state index contributed by atoms with van der Waals surface area (Å²) >= 11 is 0. The van der Waals surface area contributed by atoms with Crippen LogP contribution in [-0.4, -0.2) is 0 Å². The lowest BCUT2D eigenvalue weighted by Crippen LogP contribution is -1.90. The zero-order valence-electron chi connectivity index (χ0n) is 79.2. The highest BCUT2D eigenvalue weighted by Crippen LogP contribution is 2.55. The highest BCUT2D eigenvalue weighted by Gasteiger charge is 2.35. The van der Waals surface area contributed by atoms with E-state index in [0.717, 1.165) is 77.0 Å². The molecule has 0 saturated carbocycles. The molecule has 0 saturated heterocycles. The minimum Gasteiger partial charge on any atom is -0.0619 e. The third-order valence-electron chi connectivity index (χ3n) is 33.0. The molecule has 23 aromatic carbocycles. The first-order valence-corrected chi connectivity index (χ1v) is 51.0. The van der Waals surface area contributed by atoms with E-state index < -0.39 is 0 Å². The standard InChI is InChI=1S/2C21H14.5C20H14/c1-3-7-18-14(5-1)9-11-16-13-17-12-10-15-6-2-4-8-19(15)21(17)20(16)18;1-2-7-16-13-20-18(11-15(16)6-1)12-17-10-9-14-5-3-4-8-19(14)21(17)20;2*1-3-7-16-14(6-1)12-19-18(16)10-9-15-11-13-5-2-4-8-17(13)20(15)19;1-3-7-17-13(5-1)9-15-11-20-16(12-19(15)17)10-14-6-2-4-8-18(14)20;1-3-7-17-13(5-1)9-15-11-16-10-14-6-2-4-8-18(14)20(16)12-19(15)17;1-3-7-15-13(5-1)11-19-17(15)9-10-18-16-8-4-2-6-14(16)12-20(18)19/h1-12H,13H2;1-11,13H,12H2;2*1-10H,11-12H2;2*1-8,11-12H,9-10H2;1-10H,11-12H2. The van der Waals surface area contributed by atoms with E-state index >= 15 is 0 Å². The molecule has 12 aliphatic rings. The highest BCUT2D eigenvalue weighted by atomic mass is 14.4. The topological polar surface area (TPSA) is 0 Å². The molecule has 12 aliphatic carbocycles. The van der Waals surface area contributed by atoms with E-state index in [1.54, 1.807) is 11.1 Å². The summed E-state index contributed by atoms with van der Waals surface area (Å²) in [7, 11) is 0. The van der Waals surface area contributed by atoms with Gasteiger partial charge < -0.3 is 0 Å². The minimum absolute atomic E-state index is 1.06. The molecule has 0 N–H and O–H groups in total. The first-order chi connectivity index (χ1) is 70.4. The largest absolute Gasteiger partial charge is 0.0619 e. The lowest BCUT2D eigenvalue weighted by molar-refractivity contribution is 1.16. The van der Waals surface area contributed by atoms with E-state index in [9.17, 15) is 0 Å². The van der Waals surface area contributed by atoms with Crippen LogP contribution in [0.2, 0.25) is 0 Å². The Bertz CT molecular complexity index is 8810. The maximum Gasteiger partial charge on any atom is -0.000718 e. The summed E-state index contributed by atoms with van der Waals surface area (Å²) in [5, 5.41) is 10.8. The molecule has 35 rings (SSSR count). The maximum atomic E-state index is 2.44. The van der Waals surface area contributed by atoms with Crippen molar-refractivity contribution in [3.63, 3.8) is 0 Å². The Morgan fingerprint density at radius 1 is 0.0915 bits per heavy atom. The van der Waals surface area contributed by atoms with Crippen molar-refractivity contribution >= 4 is 43.1 Å². The lowest BCUT2D eigenvalue weighted by Gasteiger charge is -2.09. The molecule has 23 aromatic rings. The van der Waals surface area contributed by atoms with Crippen molar-refractivity contribution in [3.05, 3.63) is 582 Å². The van der Waals surface area contributed by atoms with Crippen LogP contribution in [0.25, 0.3) is 177 Å². The summed E-state index contributed by atoms with van der Waals surface area (Å²) in [6.45, 7) is 0. The zero-order valence-corrected chi connectivity index (χ0v) is 79.2. The van der Waals surface area contributed by atoms with Gasteiger partial charge in [0.2, 0.25) is 0 Å². The van der Waals surface area contributed by atoms with Gasteiger partial charge in [-0.3, -0.25) is 0 Å². The van der Waals surface area contributed by atoms with Gasteiger partial charge in [0.15, 0.2) is 0 Å².